The number of carbonyl (C=O) groups is 1. The second-order valence-corrected chi connectivity index (χ2v) is 5.97. The zero-order valence-electron chi connectivity index (χ0n) is 14.2. The standard InChI is InChI=1S/C19H21N3O2/c1-13-4-5-14(2)17(10-13)21-19-20-11-18(23)22(19)12-15-6-8-16(24-3)9-7-15/h4-10H,11-12H2,1-3H3,(H,20,21)/p+1. The third-order valence-electron chi connectivity index (χ3n) is 4.12. The summed E-state index contributed by atoms with van der Waals surface area (Å²) in [5, 5.41) is 3.36. The molecule has 24 heavy (non-hydrogen) atoms. The number of benzene rings is 2. The first kappa shape index (κ1) is 16.1. The SMILES string of the molecule is COc1ccc(CN2C(=O)C[NH+]=C2Nc2cc(C)ccc2C)cc1. The van der Waals surface area contributed by atoms with Gasteiger partial charge >= 0.3 is 11.9 Å². The monoisotopic (exact) mass is 324 g/mol. The summed E-state index contributed by atoms with van der Waals surface area (Å²) in [6.07, 6.45) is 0. The van der Waals surface area contributed by atoms with Crippen LogP contribution in [0.25, 0.3) is 0 Å². The first-order valence-corrected chi connectivity index (χ1v) is 7.95. The molecule has 0 radical (unpaired) electrons. The fraction of sp³-hybridized carbons (Fsp3) is 0.263. The van der Waals surface area contributed by atoms with Crippen molar-refractivity contribution in [2.24, 2.45) is 0 Å². The summed E-state index contributed by atoms with van der Waals surface area (Å²) in [4.78, 5) is 17.1. The van der Waals surface area contributed by atoms with Gasteiger partial charge in [-0.3, -0.25) is 9.79 Å². The van der Waals surface area contributed by atoms with Crippen molar-refractivity contribution in [2.45, 2.75) is 20.4 Å². The van der Waals surface area contributed by atoms with E-state index in [1.54, 1.807) is 12.0 Å². The van der Waals surface area contributed by atoms with Crippen LogP contribution in [0.5, 0.6) is 5.75 Å². The van der Waals surface area contributed by atoms with Gasteiger partial charge in [0.1, 0.15) is 18.0 Å². The first-order valence-electron chi connectivity index (χ1n) is 7.95. The lowest BCUT2D eigenvalue weighted by atomic mass is 10.1. The average Bonchev–Trinajstić information content (AvgIpc) is 2.92. The lowest BCUT2D eigenvalue weighted by Gasteiger charge is -2.14. The van der Waals surface area contributed by atoms with Gasteiger partial charge in [0, 0.05) is 0 Å². The Bertz CT molecular complexity index is 782. The van der Waals surface area contributed by atoms with E-state index in [1.807, 2.05) is 31.2 Å². The van der Waals surface area contributed by atoms with Crippen molar-refractivity contribution in [3.8, 4) is 5.75 Å². The molecule has 0 bridgehead atoms. The molecule has 124 valence electrons. The minimum atomic E-state index is 0.0543. The van der Waals surface area contributed by atoms with Gasteiger partial charge < -0.3 is 4.74 Å². The number of anilines is 1. The topological polar surface area (TPSA) is 55.5 Å². The average molecular weight is 324 g/mol. The molecule has 5 heteroatoms. The van der Waals surface area contributed by atoms with E-state index in [0.717, 1.165) is 28.5 Å². The van der Waals surface area contributed by atoms with Gasteiger partial charge in [-0.25, -0.2) is 5.32 Å². The van der Waals surface area contributed by atoms with Crippen LogP contribution in [0, 0.1) is 13.8 Å². The molecule has 0 fully saturated rings. The van der Waals surface area contributed by atoms with Crippen LogP contribution in [0.15, 0.2) is 42.5 Å². The van der Waals surface area contributed by atoms with Crippen molar-refractivity contribution in [3.05, 3.63) is 59.2 Å². The summed E-state index contributed by atoms with van der Waals surface area (Å²) in [6, 6.07) is 14.0. The van der Waals surface area contributed by atoms with E-state index in [2.05, 4.69) is 35.4 Å². The Labute approximate surface area is 142 Å². The van der Waals surface area contributed by atoms with E-state index in [0.29, 0.717) is 13.1 Å². The number of methoxy groups -OCH3 is 1. The van der Waals surface area contributed by atoms with Crippen LogP contribution >= 0.6 is 0 Å². The van der Waals surface area contributed by atoms with Crippen molar-refractivity contribution in [1.82, 2.24) is 4.90 Å². The fourth-order valence-electron chi connectivity index (χ4n) is 2.67. The maximum atomic E-state index is 12.2. The normalized spacial score (nSPS) is 13.9. The Kier molecular flexibility index (Phi) is 4.51. The smallest absolute Gasteiger partial charge is 0.358 e. The third kappa shape index (κ3) is 3.40. The predicted molar refractivity (Wildman–Crippen MR) is 93.9 cm³/mol. The highest BCUT2D eigenvalue weighted by Crippen LogP contribution is 2.18. The van der Waals surface area contributed by atoms with Crippen molar-refractivity contribution in [3.63, 3.8) is 0 Å². The summed E-state index contributed by atoms with van der Waals surface area (Å²) < 4.78 is 5.17. The minimum Gasteiger partial charge on any atom is -0.497 e. The van der Waals surface area contributed by atoms with E-state index in [4.69, 9.17) is 4.74 Å². The molecule has 0 saturated carbocycles. The maximum absolute atomic E-state index is 12.2. The molecular weight excluding hydrogens is 302 g/mol. The number of ether oxygens (including phenoxy) is 1. The molecule has 0 unspecified atom stereocenters. The predicted octanol–water partition coefficient (Wildman–Crippen LogP) is 1.20. The quantitative estimate of drug-likeness (QED) is 0.889. The number of carbonyl (C=O) groups excluding carboxylic acids is 1. The molecular formula is C19H22N3O2+. The van der Waals surface area contributed by atoms with E-state index < -0.39 is 0 Å². The van der Waals surface area contributed by atoms with Crippen molar-refractivity contribution >= 4 is 17.6 Å². The first-order chi connectivity index (χ1) is 11.6. The Balaban J connectivity index is 1.77. The van der Waals surface area contributed by atoms with Gasteiger partial charge in [0.25, 0.3) is 0 Å². The molecule has 2 aromatic rings. The maximum Gasteiger partial charge on any atom is 0.358 e. The van der Waals surface area contributed by atoms with Gasteiger partial charge in [0.2, 0.25) is 0 Å². The third-order valence-corrected chi connectivity index (χ3v) is 4.12. The zero-order chi connectivity index (χ0) is 17.1. The number of hydrogen-bond donors (Lipinski definition) is 2. The second-order valence-electron chi connectivity index (χ2n) is 5.97. The summed E-state index contributed by atoms with van der Waals surface area (Å²) in [6.45, 7) is 4.93. The summed E-state index contributed by atoms with van der Waals surface area (Å²) in [5.74, 6) is 1.59. The highest BCUT2D eigenvalue weighted by atomic mass is 16.5. The van der Waals surface area contributed by atoms with Crippen LogP contribution in [0.4, 0.5) is 5.69 Å². The number of guanidine groups is 1. The fourth-order valence-corrected chi connectivity index (χ4v) is 2.67. The molecule has 2 aromatic carbocycles. The zero-order valence-corrected chi connectivity index (χ0v) is 14.2. The van der Waals surface area contributed by atoms with E-state index >= 15 is 0 Å². The summed E-state index contributed by atoms with van der Waals surface area (Å²) >= 11 is 0. The van der Waals surface area contributed by atoms with Gasteiger partial charge in [-0.15, -0.1) is 0 Å². The lowest BCUT2D eigenvalue weighted by Crippen LogP contribution is -2.72. The van der Waals surface area contributed by atoms with Crippen LogP contribution in [0.1, 0.15) is 16.7 Å². The van der Waals surface area contributed by atoms with Crippen molar-refractivity contribution in [1.29, 1.82) is 0 Å². The van der Waals surface area contributed by atoms with Crippen LogP contribution < -0.4 is 15.0 Å². The van der Waals surface area contributed by atoms with E-state index in [9.17, 15) is 4.79 Å². The Hall–Kier alpha value is -2.82. The van der Waals surface area contributed by atoms with Crippen molar-refractivity contribution in [2.75, 3.05) is 19.0 Å². The molecule has 1 amide bonds. The number of rotatable bonds is 4. The lowest BCUT2D eigenvalue weighted by molar-refractivity contribution is -0.438. The van der Waals surface area contributed by atoms with Crippen LogP contribution in [0.2, 0.25) is 0 Å². The molecule has 1 heterocycles. The molecule has 3 rings (SSSR count). The molecule has 0 saturated heterocycles. The highest BCUT2D eigenvalue weighted by Gasteiger charge is 2.33. The molecule has 1 aliphatic heterocycles. The van der Waals surface area contributed by atoms with Crippen LogP contribution in [-0.4, -0.2) is 30.4 Å². The number of aryl methyl sites for hydroxylation is 2. The minimum absolute atomic E-state index is 0.0543. The highest BCUT2D eigenvalue weighted by molar-refractivity contribution is 6.04. The molecule has 0 atom stereocenters. The molecule has 0 aromatic heterocycles. The molecule has 2 N–H and O–H groups in total. The molecule has 0 spiro atoms. The van der Waals surface area contributed by atoms with Gasteiger partial charge in [0.15, 0.2) is 6.54 Å². The Morgan fingerprint density at radius 2 is 1.92 bits per heavy atom. The number of nitrogens with zero attached hydrogens (tertiary/aromatic N) is 1. The van der Waals surface area contributed by atoms with Gasteiger partial charge in [-0.2, -0.15) is 4.90 Å². The van der Waals surface area contributed by atoms with Crippen LogP contribution in [-0.2, 0) is 11.3 Å². The van der Waals surface area contributed by atoms with Gasteiger partial charge in [0.05, 0.1) is 7.11 Å². The number of amides is 1. The summed E-state index contributed by atoms with van der Waals surface area (Å²) in [7, 11) is 1.64. The molecule has 1 aliphatic rings. The molecule has 5 nitrogen and oxygen atoms in total. The Morgan fingerprint density at radius 1 is 1.17 bits per heavy atom. The van der Waals surface area contributed by atoms with Gasteiger partial charge in [-0.05, 0) is 48.7 Å². The van der Waals surface area contributed by atoms with E-state index in [1.165, 1.54) is 5.56 Å². The second kappa shape index (κ2) is 6.74. The van der Waals surface area contributed by atoms with Crippen LogP contribution in [0.3, 0.4) is 0 Å². The summed E-state index contributed by atoms with van der Waals surface area (Å²) in [5.41, 5.74) is 4.37. The molecule has 0 aliphatic carbocycles. The number of nitrogens with one attached hydrogen (secondary N) is 2. The van der Waals surface area contributed by atoms with Crippen molar-refractivity contribution < 1.29 is 14.5 Å². The van der Waals surface area contributed by atoms with Gasteiger partial charge in [-0.1, -0.05) is 24.3 Å². The number of hydrogen-bond acceptors (Lipinski definition) is 3. The Morgan fingerprint density at radius 3 is 2.62 bits per heavy atom. The van der Waals surface area contributed by atoms with E-state index in [-0.39, 0.29) is 5.91 Å². The largest absolute Gasteiger partial charge is 0.497 e.